The van der Waals surface area contributed by atoms with Crippen molar-refractivity contribution in [3.05, 3.63) is 29.8 Å². The molecule has 1 aromatic carbocycles. The van der Waals surface area contributed by atoms with E-state index in [-0.39, 0.29) is 0 Å². The molecule has 1 rings (SSSR count). The fourth-order valence-electron chi connectivity index (χ4n) is 1.40. The van der Waals surface area contributed by atoms with E-state index in [2.05, 4.69) is 44.3 Å². The quantitative estimate of drug-likeness (QED) is 0.670. The third kappa shape index (κ3) is 3.54. The lowest BCUT2D eigenvalue weighted by atomic mass is 10.1. The number of para-hydroxylation sites is 1. The second-order valence-corrected chi connectivity index (χ2v) is 5.74. The van der Waals surface area contributed by atoms with E-state index in [1.165, 1.54) is 18.4 Å². The first-order valence-corrected chi connectivity index (χ1v) is 7.70. The van der Waals surface area contributed by atoms with Crippen LogP contribution in [0.25, 0.3) is 0 Å². The zero-order chi connectivity index (χ0) is 10.4. The first-order chi connectivity index (χ1) is 6.74. The molecule has 1 nitrogen and oxygen atoms in total. The largest absolute Gasteiger partial charge is 0.542 e. The Hall–Kier alpha value is -0.763. The predicted octanol–water partition coefficient (Wildman–Crippen LogP) is 3.66. The lowest BCUT2D eigenvalue weighted by Crippen LogP contribution is -2.12. The van der Waals surface area contributed by atoms with Crippen molar-refractivity contribution in [3.8, 4) is 5.75 Å². The van der Waals surface area contributed by atoms with Gasteiger partial charge in [-0.15, -0.1) is 0 Å². The molecular formula is C12H19OSi. The van der Waals surface area contributed by atoms with Gasteiger partial charge >= 0.3 is 0 Å². The van der Waals surface area contributed by atoms with Gasteiger partial charge in [0, 0.05) is 0 Å². The maximum Gasteiger partial charge on any atom is 0.274 e. The Morgan fingerprint density at radius 2 is 1.93 bits per heavy atom. The lowest BCUT2D eigenvalue weighted by Gasteiger charge is -2.12. The van der Waals surface area contributed by atoms with Crippen molar-refractivity contribution in [2.24, 2.45) is 0 Å². The molecule has 0 aliphatic heterocycles. The van der Waals surface area contributed by atoms with Crippen LogP contribution in [0.4, 0.5) is 0 Å². The molecule has 0 amide bonds. The Morgan fingerprint density at radius 1 is 1.21 bits per heavy atom. The average molecular weight is 207 g/mol. The summed E-state index contributed by atoms with van der Waals surface area (Å²) in [5.41, 5.74) is 1.36. The molecule has 0 saturated carbocycles. The molecule has 77 valence electrons. The highest BCUT2D eigenvalue weighted by Crippen LogP contribution is 2.20. The average Bonchev–Trinajstić information content (AvgIpc) is 2.16. The van der Waals surface area contributed by atoms with E-state index in [0.717, 1.165) is 12.2 Å². The van der Waals surface area contributed by atoms with Gasteiger partial charge in [0.15, 0.2) is 0 Å². The number of benzene rings is 1. The minimum atomic E-state index is -0.634. The van der Waals surface area contributed by atoms with E-state index in [9.17, 15) is 0 Å². The molecule has 0 saturated heterocycles. The van der Waals surface area contributed by atoms with Crippen molar-refractivity contribution in [1.29, 1.82) is 0 Å². The van der Waals surface area contributed by atoms with Crippen LogP contribution < -0.4 is 4.43 Å². The molecule has 2 heteroatoms. The molecule has 14 heavy (non-hydrogen) atoms. The fourth-order valence-corrected chi connectivity index (χ4v) is 2.04. The van der Waals surface area contributed by atoms with E-state index in [1.807, 2.05) is 0 Å². The molecule has 1 aromatic rings. The standard InChI is InChI=1S/C12H19OSi/c1-4-5-8-11-9-6-7-10-12(11)13-14(2)3/h6-7,9-10H,4-5,8H2,1-3H3. The van der Waals surface area contributed by atoms with Crippen LogP contribution in [-0.4, -0.2) is 9.04 Å². The Labute approximate surface area is 88.8 Å². The van der Waals surface area contributed by atoms with Crippen molar-refractivity contribution in [2.45, 2.75) is 39.3 Å². The van der Waals surface area contributed by atoms with Gasteiger partial charge in [0.05, 0.1) is 0 Å². The van der Waals surface area contributed by atoms with Gasteiger partial charge in [-0.1, -0.05) is 31.5 Å². The van der Waals surface area contributed by atoms with E-state index in [4.69, 9.17) is 4.43 Å². The molecular weight excluding hydrogens is 188 g/mol. The Kier molecular flexibility index (Phi) is 4.74. The van der Waals surface area contributed by atoms with Gasteiger partial charge in [-0.05, 0) is 37.6 Å². The smallest absolute Gasteiger partial charge is 0.274 e. The summed E-state index contributed by atoms with van der Waals surface area (Å²) in [6.45, 7) is 6.56. The summed E-state index contributed by atoms with van der Waals surface area (Å²) in [5, 5.41) is 0. The van der Waals surface area contributed by atoms with Crippen LogP contribution in [0.5, 0.6) is 5.75 Å². The van der Waals surface area contributed by atoms with Crippen molar-refractivity contribution >= 4 is 9.04 Å². The number of unbranched alkanes of at least 4 members (excludes halogenated alkanes) is 1. The van der Waals surface area contributed by atoms with Crippen molar-refractivity contribution in [2.75, 3.05) is 0 Å². The van der Waals surface area contributed by atoms with Crippen molar-refractivity contribution < 1.29 is 4.43 Å². The first-order valence-electron chi connectivity index (χ1n) is 5.30. The second kappa shape index (κ2) is 5.86. The van der Waals surface area contributed by atoms with Gasteiger partial charge in [0.1, 0.15) is 5.75 Å². The highest BCUT2D eigenvalue weighted by Gasteiger charge is 2.05. The van der Waals surface area contributed by atoms with Gasteiger partial charge in [-0.3, -0.25) is 0 Å². The van der Waals surface area contributed by atoms with Gasteiger partial charge in [-0.25, -0.2) is 0 Å². The number of rotatable bonds is 5. The zero-order valence-electron chi connectivity index (χ0n) is 9.34. The molecule has 0 heterocycles. The molecule has 0 fully saturated rings. The SMILES string of the molecule is CCCCc1ccccc1O[Si](C)C. The van der Waals surface area contributed by atoms with Crippen LogP contribution >= 0.6 is 0 Å². The molecule has 1 radical (unpaired) electrons. The summed E-state index contributed by atoms with van der Waals surface area (Å²) in [6, 6.07) is 8.41. The Morgan fingerprint density at radius 3 is 2.57 bits per heavy atom. The van der Waals surface area contributed by atoms with Crippen LogP contribution in [-0.2, 0) is 6.42 Å². The van der Waals surface area contributed by atoms with Crippen LogP contribution in [0.2, 0.25) is 13.1 Å². The first kappa shape index (κ1) is 11.3. The van der Waals surface area contributed by atoms with Gasteiger partial charge in [-0.2, -0.15) is 0 Å². The molecule has 0 aromatic heterocycles. The van der Waals surface area contributed by atoms with Crippen LogP contribution in [0, 0.1) is 0 Å². The van der Waals surface area contributed by atoms with Gasteiger partial charge in [0.25, 0.3) is 9.04 Å². The van der Waals surface area contributed by atoms with Crippen LogP contribution in [0.3, 0.4) is 0 Å². The van der Waals surface area contributed by atoms with Crippen LogP contribution in [0.1, 0.15) is 25.3 Å². The minimum absolute atomic E-state index is 0.634. The summed E-state index contributed by atoms with van der Waals surface area (Å²) >= 11 is 0. The molecule has 0 bridgehead atoms. The molecule has 0 N–H and O–H groups in total. The number of hydrogen-bond donors (Lipinski definition) is 0. The second-order valence-electron chi connectivity index (χ2n) is 3.72. The minimum Gasteiger partial charge on any atom is -0.542 e. The molecule has 0 atom stereocenters. The summed E-state index contributed by atoms with van der Waals surface area (Å²) in [7, 11) is -0.634. The van der Waals surface area contributed by atoms with E-state index in [0.29, 0.717) is 0 Å². The predicted molar refractivity (Wildman–Crippen MR) is 63.2 cm³/mol. The monoisotopic (exact) mass is 207 g/mol. The number of hydrogen-bond acceptors (Lipinski definition) is 1. The Balaban J connectivity index is 2.69. The fraction of sp³-hybridized carbons (Fsp3) is 0.500. The topological polar surface area (TPSA) is 9.23 Å². The summed E-state index contributed by atoms with van der Waals surface area (Å²) in [5.74, 6) is 1.10. The summed E-state index contributed by atoms with van der Waals surface area (Å²) < 4.78 is 5.84. The highest BCUT2D eigenvalue weighted by atomic mass is 28.3. The molecule has 0 aliphatic rings. The Bertz CT molecular complexity index is 271. The van der Waals surface area contributed by atoms with Gasteiger partial charge < -0.3 is 4.43 Å². The van der Waals surface area contributed by atoms with E-state index in [1.54, 1.807) is 0 Å². The van der Waals surface area contributed by atoms with E-state index >= 15 is 0 Å². The maximum absolute atomic E-state index is 5.84. The van der Waals surface area contributed by atoms with Crippen molar-refractivity contribution in [3.63, 3.8) is 0 Å². The summed E-state index contributed by atoms with van der Waals surface area (Å²) in [6.07, 6.45) is 3.63. The number of aryl methyl sites for hydroxylation is 1. The summed E-state index contributed by atoms with van der Waals surface area (Å²) in [4.78, 5) is 0. The zero-order valence-corrected chi connectivity index (χ0v) is 10.3. The van der Waals surface area contributed by atoms with E-state index < -0.39 is 9.04 Å². The van der Waals surface area contributed by atoms with Crippen molar-refractivity contribution in [1.82, 2.24) is 0 Å². The molecule has 0 unspecified atom stereocenters. The van der Waals surface area contributed by atoms with Gasteiger partial charge in [0.2, 0.25) is 0 Å². The van der Waals surface area contributed by atoms with Crippen LogP contribution in [0.15, 0.2) is 24.3 Å². The third-order valence-corrected chi connectivity index (χ3v) is 2.71. The third-order valence-electron chi connectivity index (χ3n) is 2.09. The lowest BCUT2D eigenvalue weighted by molar-refractivity contribution is 0.568. The highest BCUT2D eigenvalue weighted by molar-refractivity contribution is 6.49. The maximum atomic E-state index is 5.84. The molecule has 0 spiro atoms. The normalized spacial score (nSPS) is 10.6. The molecule has 0 aliphatic carbocycles.